The van der Waals surface area contributed by atoms with E-state index >= 15 is 0 Å². The molecular formula is C18H28N2O. The van der Waals surface area contributed by atoms with Crippen molar-refractivity contribution in [2.45, 2.75) is 60.2 Å². The number of hydrogen-bond donors (Lipinski definition) is 1. The minimum Gasteiger partial charge on any atom is -0.491 e. The van der Waals surface area contributed by atoms with Crippen molar-refractivity contribution in [3.05, 3.63) is 29.5 Å². The molecule has 0 atom stereocenters. The SMILES string of the molecule is CCCNCc1c(C)n(CC)c2ccc(OC(C)C)cc12. The van der Waals surface area contributed by atoms with E-state index in [0.29, 0.717) is 0 Å². The van der Waals surface area contributed by atoms with Gasteiger partial charge < -0.3 is 14.6 Å². The quantitative estimate of drug-likeness (QED) is 0.771. The molecule has 3 heteroatoms. The molecule has 1 aromatic heterocycles. The molecule has 0 saturated heterocycles. The second-order valence-electron chi connectivity index (χ2n) is 5.83. The van der Waals surface area contributed by atoms with E-state index in [1.165, 1.54) is 22.2 Å². The normalized spacial score (nSPS) is 11.5. The van der Waals surface area contributed by atoms with Gasteiger partial charge in [-0.1, -0.05) is 6.92 Å². The summed E-state index contributed by atoms with van der Waals surface area (Å²) in [6.07, 6.45) is 1.37. The van der Waals surface area contributed by atoms with Crippen molar-refractivity contribution in [2.75, 3.05) is 6.54 Å². The Kier molecular flexibility index (Phi) is 5.29. The lowest BCUT2D eigenvalue weighted by molar-refractivity contribution is 0.243. The maximum absolute atomic E-state index is 5.86. The molecule has 116 valence electrons. The largest absolute Gasteiger partial charge is 0.491 e. The molecular weight excluding hydrogens is 260 g/mol. The number of fused-ring (bicyclic) bond motifs is 1. The van der Waals surface area contributed by atoms with Gasteiger partial charge in [0.05, 0.1) is 6.10 Å². The average molecular weight is 288 g/mol. The molecule has 1 N–H and O–H groups in total. The van der Waals surface area contributed by atoms with Crippen LogP contribution in [0.3, 0.4) is 0 Å². The minimum absolute atomic E-state index is 0.207. The van der Waals surface area contributed by atoms with Gasteiger partial charge in [0.2, 0.25) is 0 Å². The summed E-state index contributed by atoms with van der Waals surface area (Å²) in [6, 6.07) is 6.46. The number of rotatable bonds is 7. The van der Waals surface area contributed by atoms with E-state index in [1.807, 2.05) is 0 Å². The number of hydrogen-bond acceptors (Lipinski definition) is 2. The number of aromatic nitrogens is 1. The van der Waals surface area contributed by atoms with Crippen molar-refractivity contribution in [3.8, 4) is 5.75 Å². The standard InChI is InChI=1S/C18H28N2O/c1-6-10-19-12-17-14(5)20(7-2)18-9-8-15(11-16(17)18)21-13(3)4/h8-9,11,13,19H,6-7,10,12H2,1-5H3. The third-order valence-corrected chi connectivity index (χ3v) is 3.84. The van der Waals surface area contributed by atoms with E-state index < -0.39 is 0 Å². The lowest BCUT2D eigenvalue weighted by Gasteiger charge is -2.10. The van der Waals surface area contributed by atoms with Crippen LogP contribution in [0.15, 0.2) is 18.2 Å². The Labute approximate surface area is 128 Å². The third kappa shape index (κ3) is 3.41. The summed E-state index contributed by atoms with van der Waals surface area (Å²) in [6.45, 7) is 13.7. The summed E-state index contributed by atoms with van der Waals surface area (Å²) in [7, 11) is 0. The average Bonchev–Trinajstić information content (AvgIpc) is 2.70. The first kappa shape index (κ1) is 15.9. The van der Waals surface area contributed by atoms with Crippen LogP contribution in [0.1, 0.15) is 45.4 Å². The summed E-state index contributed by atoms with van der Waals surface area (Å²) in [4.78, 5) is 0. The molecule has 0 bridgehead atoms. The molecule has 21 heavy (non-hydrogen) atoms. The fourth-order valence-electron chi connectivity index (χ4n) is 2.90. The van der Waals surface area contributed by atoms with Crippen LogP contribution >= 0.6 is 0 Å². The monoisotopic (exact) mass is 288 g/mol. The molecule has 0 aliphatic heterocycles. The highest BCUT2D eigenvalue weighted by atomic mass is 16.5. The van der Waals surface area contributed by atoms with Crippen LogP contribution in [0.2, 0.25) is 0 Å². The van der Waals surface area contributed by atoms with Gasteiger partial charge in [0, 0.05) is 29.7 Å². The van der Waals surface area contributed by atoms with Crippen LogP contribution in [0.4, 0.5) is 0 Å². The zero-order valence-electron chi connectivity index (χ0n) is 14.0. The Morgan fingerprint density at radius 3 is 2.62 bits per heavy atom. The predicted molar refractivity (Wildman–Crippen MR) is 90.1 cm³/mol. The summed E-state index contributed by atoms with van der Waals surface area (Å²) >= 11 is 0. The van der Waals surface area contributed by atoms with E-state index in [2.05, 4.69) is 62.7 Å². The molecule has 1 aromatic carbocycles. The zero-order chi connectivity index (χ0) is 15.4. The van der Waals surface area contributed by atoms with Crippen LogP contribution in [0.25, 0.3) is 10.9 Å². The van der Waals surface area contributed by atoms with Crippen LogP contribution in [0, 0.1) is 6.92 Å². The first-order chi connectivity index (χ1) is 10.1. The minimum atomic E-state index is 0.207. The number of aryl methyl sites for hydroxylation is 1. The fourth-order valence-corrected chi connectivity index (χ4v) is 2.90. The van der Waals surface area contributed by atoms with Gasteiger partial charge in [-0.05, 0) is 64.4 Å². The summed E-state index contributed by atoms with van der Waals surface area (Å²) in [5.41, 5.74) is 4.06. The van der Waals surface area contributed by atoms with Crippen LogP contribution in [-0.2, 0) is 13.1 Å². The van der Waals surface area contributed by atoms with Crippen LogP contribution in [0.5, 0.6) is 5.75 Å². The predicted octanol–water partition coefficient (Wildman–Crippen LogP) is 4.26. The molecule has 2 rings (SSSR count). The smallest absolute Gasteiger partial charge is 0.120 e. The molecule has 0 unspecified atom stereocenters. The molecule has 0 spiro atoms. The van der Waals surface area contributed by atoms with Gasteiger partial charge in [-0.15, -0.1) is 0 Å². The zero-order valence-corrected chi connectivity index (χ0v) is 14.0. The number of nitrogens with zero attached hydrogens (tertiary/aromatic N) is 1. The maximum atomic E-state index is 5.86. The van der Waals surface area contributed by atoms with Gasteiger partial charge in [0.1, 0.15) is 5.75 Å². The molecule has 0 saturated carbocycles. The van der Waals surface area contributed by atoms with Gasteiger partial charge in [-0.25, -0.2) is 0 Å². The van der Waals surface area contributed by atoms with Gasteiger partial charge in [-0.2, -0.15) is 0 Å². The van der Waals surface area contributed by atoms with E-state index in [-0.39, 0.29) is 6.10 Å². The van der Waals surface area contributed by atoms with Crippen LogP contribution in [-0.4, -0.2) is 17.2 Å². The Morgan fingerprint density at radius 2 is 2.00 bits per heavy atom. The Morgan fingerprint density at radius 1 is 1.24 bits per heavy atom. The lowest BCUT2D eigenvalue weighted by Crippen LogP contribution is -2.14. The van der Waals surface area contributed by atoms with E-state index in [4.69, 9.17) is 4.74 Å². The van der Waals surface area contributed by atoms with Crippen LogP contribution < -0.4 is 10.1 Å². The topological polar surface area (TPSA) is 26.2 Å². The molecule has 0 aliphatic rings. The van der Waals surface area contributed by atoms with Crippen molar-refractivity contribution < 1.29 is 4.74 Å². The highest BCUT2D eigenvalue weighted by Gasteiger charge is 2.14. The Bertz CT molecular complexity index is 599. The number of nitrogens with one attached hydrogen (secondary N) is 1. The molecule has 0 fully saturated rings. The molecule has 2 aromatic rings. The van der Waals surface area contributed by atoms with Gasteiger partial charge in [0.15, 0.2) is 0 Å². The van der Waals surface area contributed by atoms with Crippen molar-refractivity contribution in [1.29, 1.82) is 0 Å². The summed E-state index contributed by atoms with van der Waals surface area (Å²) in [5, 5.41) is 4.84. The number of benzene rings is 1. The molecule has 0 amide bonds. The lowest BCUT2D eigenvalue weighted by atomic mass is 10.1. The van der Waals surface area contributed by atoms with Crippen molar-refractivity contribution in [2.24, 2.45) is 0 Å². The highest BCUT2D eigenvalue weighted by Crippen LogP contribution is 2.29. The highest BCUT2D eigenvalue weighted by molar-refractivity contribution is 5.87. The first-order valence-electron chi connectivity index (χ1n) is 8.07. The molecule has 1 heterocycles. The van der Waals surface area contributed by atoms with Gasteiger partial charge in [0.25, 0.3) is 0 Å². The third-order valence-electron chi connectivity index (χ3n) is 3.84. The fraction of sp³-hybridized carbons (Fsp3) is 0.556. The van der Waals surface area contributed by atoms with E-state index in [1.54, 1.807) is 0 Å². The molecule has 0 aliphatic carbocycles. The Hall–Kier alpha value is -1.48. The molecule has 0 radical (unpaired) electrons. The first-order valence-corrected chi connectivity index (χ1v) is 8.07. The summed E-state index contributed by atoms with van der Waals surface area (Å²) in [5.74, 6) is 0.961. The van der Waals surface area contributed by atoms with E-state index in [9.17, 15) is 0 Å². The second kappa shape index (κ2) is 6.99. The van der Waals surface area contributed by atoms with E-state index in [0.717, 1.165) is 31.8 Å². The maximum Gasteiger partial charge on any atom is 0.120 e. The Balaban J connectivity index is 2.44. The van der Waals surface area contributed by atoms with Gasteiger partial charge >= 0.3 is 0 Å². The van der Waals surface area contributed by atoms with Crippen molar-refractivity contribution in [1.82, 2.24) is 9.88 Å². The number of ether oxygens (including phenoxy) is 1. The van der Waals surface area contributed by atoms with Crippen molar-refractivity contribution >= 4 is 10.9 Å². The molecule has 3 nitrogen and oxygen atoms in total. The summed E-state index contributed by atoms with van der Waals surface area (Å²) < 4.78 is 8.24. The van der Waals surface area contributed by atoms with Gasteiger partial charge in [-0.3, -0.25) is 0 Å². The second-order valence-corrected chi connectivity index (χ2v) is 5.83. The van der Waals surface area contributed by atoms with Crippen molar-refractivity contribution in [3.63, 3.8) is 0 Å².